The second kappa shape index (κ2) is 8.49. The Morgan fingerprint density at radius 3 is 2.62 bits per heavy atom. The maximum absolute atomic E-state index is 12.8. The van der Waals surface area contributed by atoms with E-state index < -0.39 is 0 Å². The lowest BCUT2D eigenvalue weighted by Crippen LogP contribution is -2.39. The molecule has 0 unspecified atom stereocenters. The van der Waals surface area contributed by atoms with Crippen molar-refractivity contribution in [1.29, 1.82) is 0 Å². The first-order valence-electron chi connectivity index (χ1n) is 12.3. The Hall–Kier alpha value is -2.44. The van der Waals surface area contributed by atoms with Crippen LogP contribution in [0.25, 0.3) is 5.65 Å². The van der Waals surface area contributed by atoms with Gasteiger partial charge in [0.1, 0.15) is 0 Å². The van der Waals surface area contributed by atoms with Crippen LogP contribution in [0.2, 0.25) is 0 Å². The average molecular weight is 438 g/mol. The number of carbonyl (C=O) groups is 2. The highest BCUT2D eigenvalue weighted by Crippen LogP contribution is 2.35. The first kappa shape index (κ1) is 21.4. The summed E-state index contributed by atoms with van der Waals surface area (Å²) in [5.74, 6) is 1.74. The number of carbonyl (C=O) groups excluding carboxylic acids is 2. The van der Waals surface area contributed by atoms with E-state index in [9.17, 15) is 9.59 Å². The molecule has 172 valence electrons. The van der Waals surface area contributed by atoms with E-state index in [4.69, 9.17) is 10.1 Å². The zero-order valence-corrected chi connectivity index (χ0v) is 19.6. The van der Waals surface area contributed by atoms with Gasteiger partial charge in [0.25, 0.3) is 0 Å². The summed E-state index contributed by atoms with van der Waals surface area (Å²) >= 11 is 0. The zero-order chi connectivity index (χ0) is 22.4. The van der Waals surface area contributed by atoms with Crippen LogP contribution in [0.3, 0.4) is 0 Å². The third kappa shape index (κ3) is 4.14. The molecule has 0 radical (unpaired) electrons. The molecule has 0 spiro atoms. The van der Waals surface area contributed by atoms with Crippen LogP contribution < -0.4 is 0 Å². The molecule has 2 aromatic heterocycles. The van der Waals surface area contributed by atoms with Crippen LogP contribution in [0.4, 0.5) is 0 Å². The van der Waals surface area contributed by atoms with Gasteiger partial charge >= 0.3 is 0 Å². The molecule has 0 aromatic carbocycles. The predicted octanol–water partition coefficient (Wildman–Crippen LogP) is 3.26. The number of rotatable bonds is 5. The van der Waals surface area contributed by atoms with E-state index in [1.54, 1.807) is 0 Å². The molecule has 2 aliphatic heterocycles. The Kier molecular flexibility index (Phi) is 5.68. The lowest BCUT2D eigenvalue weighted by molar-refractivity contribution is -0.133. The fourth-order valence-electron chi connectivity index (χ4n) is 5.50. The molecular formula is C25H35N5O2. The van der Waals surface area contributed by atoms with Crippen molar-refractivity contribution in [3.63, 3.8) is 0 Å². The standard InChI is InChI=1S/C25H35N5O2/c1-16-5-4-11-28(14-16)24(31)9-8-21-17(2)26-23-13-22(27-30(23)18(21)3)20-10-12-29(15-20)25(32)19-6-7-19/h13,16,19-20H,4-12,14-15H2,1-3H3/t16-,20+/m1/s1. The Bertz CT molecular complexity index is 1040. The quantitative estimate of drug-likeness (QED) is 0.720. The van der Waals surface area contributed by atoms with Crippen molar-refractivity contribution >= 4 is 17.5 Å². The molecule has 4 heterocycles. The first-order chi connectivity index (χ1) is 15.4. The minimum atomic E-state index is 0.253. The van der Waals surface area contributed by atoms with Gasteiger partial charge in [-0.1, -0.05) is 6.92 Å². The molecule has 2 atom stereocenters. The van der Waals surface area contributed by atoms with Crippen LogP contribution in [0.15, 0.2) is 6.07 Å². The summed E-state index contributed by atoms with van der Waals surface area (Å²) in [5, 5.41) is 4.90. The predicted molar refractivity (Wildman–Crippen MR) is 122 cm³/mol. The Labute approximate surface area is 190 Å². The molecule has 2 amide bonds. The molecule has 3 fully saturated rings. The summed E-state index contributed by atoms with van der Waals surface area (Å²) in [6, 6.07) is 2.08. The molecular weight excluding hydrogens is 402 g/mol. The van der Waals surface area contributed by atoms with Crippen LogP contribution in [0, 0.1) is 25.7 Å². The molecule has 7 heteroatoms. The third-order valence-electron chi connectivity index (χ3n) is 7.63. The van der Waals surface area contributed by atoms with E-state index in [1.807, 2.05) is 21.2 Å². The molecule has 1 aliphatic carbocycles. The minimum Gasteiger partial charge on any atom is -0.342 e. The fourth-order valence-corrected chi connectivity index (χ4v) is 5.50. The van der Waals surface area contributed by atoms with Crippen molar-refractivity contribution in [2.24, 2.45) is 11.8 Å². The fraction of sp³-hybridized carbons (Fsp3) is 0.680. The number of amides is 2. The van der Waals surface area contributed by atoms with Gasteiger partial charge in [-0.15, -0.1) is 0 Å². The third-order valence-corrected chi connectivity index (χ3v) is 7.63. The second-order valence-electron chi connectivity index (χ2n) is 10.2. The van der Waals surface area contributed by atoms with Crippen molar-refractivity contribution in [1.82, 2.24) is 24.4 Å². The van der Waals surface area contributed by atoms with Gasteiger partial charge in [-0.3, -0.25) is 9.59 Å². The van der Waals surface area contributed by atoms with Gasteiger partial charge in [0, 0.05) is 61.9 Å². The lowest BCUT2D eigenvalue weighted by atomic mass is 9.99. The molecule has 5 rings (SSSR count). The lowest BCUT2D eigenvalue weighted by Gasteiger charge is -2.31. The Morgan fingerprint density at radius 1 is 1.06 bits per heavy atom. The van der Waals surface area contributed by atoms with Gasteiger partial charge in [0.2, 0.25) is 11.8 Å². The molecule has 1 saturated carbocycles. The summed E-state index contributed by atoms with van der Waals surface area (Å²) in [5.41, 5.74) is 5.08. The van der Waals surface area contributed by atoms with E-state index in [0.717, 1.165) is 80.2 Å². The molecule has 2 aromatic rings. The van der Waals surface area contributed by atoms with E-state index in [2.05, 4.69) is 19.9 Å². The highest BCUT2D eigenvalue weighted by atomic mass is 16.2. The number of aryl methyl sites for hydroxylation is 2. The van der Waals surface area contributed by atoms with Gasteiger partial charge in [-0.25, -0.2) is 9.50 Å². The van der Waals surface area contributed by atoms with E-state index >= 15 is 0 Å². The van der Waals surface area contributed by atoms with Crippen molar-refractivity contribution < 1.29 is 9.59 Å². The summed E-state index contributed by atoms with van der Waals surface area (Å²) in [6.07, 6.45) is 6.63. The van der Waals surface area contributed by atoms with E-state index in [1.165, 1.54) is 6.42 Å². The van der Waals surface area contributed by atoms with Crippen LogP contribution in [0.1, 0.15) is 74.0 Å². The highest BCUT2D eigenvalue weighted by Gasteiger charge is 2.37. The van der Waals surface area contributed by atoms with Crippen LogP contribution in [0.5, 0.6) is 0 Å². The topological polar surface area (TPSA) is 70.8 Å². The summed E-state index contributed by atoms with van der Waals surface area (Å²) in [4.78, 5) is 34.1. The molecule has 7 nitrogen and oxygen atoms in total. The van der Waals surface area contributed by atoms with Crippen molar-refractivity contribution in [3.8, 4) is 0 Å². The van der Waals surface area contributed by atoms with Crippen molar-refractivity contribution in [3.05, 3.63) is 28.7 Å². The van der Waals surface area contributed by atoms with E-state index in [-0.39, 0.29) is 17.7 Å². The summed E-state index contributed by atoms with van der Waals surface area (Å²) in [7, 11) is 0. The Balaban J connectivity index is 1.30. The average Bonchev–Trinajstić information content (AvgIpc) is 3.34. The Morgan fingerprint density at radius 2 is 1.88 bits per heavy atom. The van der Waals surface area contributed by atoms with Gasteiger partial charge in [0.05, 0.1) is 5.69 Å². The largest absolute Gasteiger partial charge is 0.342 e. The highest BCUT2D eigenvalue weighted by molar-refractivity contribution is 5.81. The second-order valence-corrected chi connectivity index (χ2v) is 10.2. The van der Waals surface area contributed by atoms with Gasteiger partial charge in [-0.05, 0) is 63.9 Å². The van der Waals surface area contributed by atoms with Crippen molar-refractivity contribution in [2.45, 2.75) is 71.6 Å². The summed E-state index contributed by atoms with van der Waals surface area (Å²) in [6.45, 7) is 9.73. The van der Waals surface area contributed by atoms with Crippen LogP contribution in [-0.2, 0) is 16.0 Å². The summed E-state index contributed by atoms with van der Waals surface area (Å²) < 4.78 is 1.94. The number of piperidine rings is 1. The molecule has 0 bridgehead atoms. The number of hydrogen-bond acceptors (Lipinski definition) is 4. The van der Waals surface area contributed by atoms with Crippen molar-refractivity contribution in [2.75, 3.05) is 26.2 Å². The number of nitrogens with zero attached hydrogens (tertiary/aromatic N) is 5. The number of fused-ring (bicyclic) bond motifs is 1. The maximum Gasteiger partial charge on any atom is 0.225 e. The number of likely N-dealkylation sites (tertiary alicyclic amines) is 2. The zero-order valence-electron chi connectivity index (χ0n) is 19.6. The first-order valence-corrected chi connectivity index (χ1v) is 12.3. The molecule has 2 saturated heterocycles. The smallest absolute Gasteiger partial charge is 0.225 e. The van der Waals surface area contributed by atoms with Gasteiger partial charge in [0.15, 0.2) is 5.65 Å². The number of hydrogen-bond donors (Lipinski definition) is 0. The SMILES string of the molecule is Cc1nc2cc([C@H]3CCN(C(=O)C4CC4)C3)nn2c(C)c1CCC(=O)N1CCC[C@@H](C)C1. The number of aromatic nitrogens is 3. The van der Waals surface area contributed by atoms with Crippen LogP contribution >= 0.6 is 0 Å². The van der Waals surface area contributed by atoms with Gasteiger partial charge in [-0.2, -0.15) is 5.10 Å². The minimum absolute atomic E-state index is 0.253. The van der Waals surface area contributed by atoms with Gasteiger partial charge < -0.3 is 9.80 Å². The monoisotopic (exact) mass is 437 g/mol. The maximum atomic E-state index is 12.8. The molecule has 32 heavy (non-hydrogen) atoms. The normalized spacial score (nSPS) is 23.8. The molecule has 0 N–H and O–H groups in total. The van der Waals surface area contributed by atoms with E-state index in [0.29, 0.717) is 24.7 Å². The molecule has 3 aliphatic rings. The van der Waals surface area contributed by atoms with Crippen LogP contribution in [-0.4, -0.2) is 62.4 Å².